The van der Waals surface area contributed by atoms with Gasteiger partial charge in [-0.25, -0.2) is 9.18 Å². The summed E-state index contributed by atoms with van der Waals surface area (Å²) in [6.07, 6.45) is -4.58. The van der Waals surface area contributed by atoms with Crippen LogP contribution in [0.3, 0.4) is 0 Å². The summed E-state index contributed by atoms with van der Waals surface area (Å²) in [7, 11) is 0. The number of alkyl carbamates (subject to hydrolysis) is 1. The first-order valence-corrected chi connectivity index (χ1v) is 7.28. The maximum absolute atomic E-state index is 13.3. The lowest BCUT2D eigenvalue weighted by atomic mass is 10.0. The van der Waals surface area contributed by atoms with Crippen molar-refractivity contribution in [2.75, 3.05) is 19.7 Å². The normalized spacial score (nSPS) is 17.7. The molecule has 1 aliphatic rings. The number of benzene rings is 1. The first-order valence-electron chi connectivity index (χ1n) is 7.28. The second-order valence-electron chi connectivity index (χ2n) is 5.35. The number of halogens is 4. The molecule has 9 heteroatoms. The highest BCUT2D eigenvalue weighted by molar-refractivity contribution is 5.82. The van der Waals surface area contributed by atoms with Gasteiger partial charge in [0.15, 0.2) is 6.61 Å². The van der Waals surface area contributed by atoms with E-state index in [-0.39, 0.29) is 6.04 Å². The van der Waals surface area contributed by atoms with Gasteiger partial charge in [0.1, 0.15) is 12.4 Å². The zero-order chi connectivity index (χ0) is 17.7. The number of likely N-dealkylation sites (tertiary alicyclic amines) is 1. The van der Waals surface area contributed by atoms with E-state index < -0.39 is 37.1 Å². The summed E-state index contributed by atoms with van der Waals surface area (Å²) in [5, 5.41) is 1.99. The fraction of sp³-hybridized carbons (Fsp3) is 0.467. The van der Waals surface area contributed by atoms with E-state index in [4.69, 9.17) is 0 Å². The summed E-state index contributed by atoms with van der Waals surface area (Å²) in [6.45, 7) is -1.77. The SMILES string of the molecule is O=C(NCC(=O)N1CCCC1c1cccc(F)c1)OCC(F)(F)F. The molecule has 0 radical (unpaired) electrons. The van der Waals surface area contributed by atoms with Gasteiger partial charge in [-0.15, -0.1) is 0 Å². The van der Waals surface area contributed by atoms with Gasteiger partial charge < -0.3 is 15.0 Å². The van der Waals surface area contributed by atoms with Gasteiger partial charge in [-0.1, -0.05) is 12.1 Å². The summed E-state index contributed by atoms with van der Waals surface area (Å²) in [5.41, 5.74) is 0.639. The van der Waals surface area contributed by atoms with Gasteiger partial charge in [0.25, 0.3) is 0 Å². The summed E-state index contributed by atoms with van der Waals surface area (Å²) < 4.78 is 53.0. The average Bonchev–Trinajstić information content (AvgIpc) is 2.99. The Morgan fingerprint density at radius 1 is 1.33 bits per heavy atom. The van der Waals surface area contributed by atoms with Gasteiger partial charge in [-0.05, 0) is 30.5 Å². The number of rotatable bonds is 4. The molecule has 1 saturated heterocycles. The number of hydrogen-bond acceptors (Lipinski definition) is 3. The van der Waals surface area contributed by atoms with Crippen LogP contribution in [-0.4, -0.2) is 42.8 Å². The fourth-order valence-electron chi connectivity index (χ4n) is 2.57. The number of alkyl halides is 3. The maximum Gasteiger partial charge on any atom is 0.422 e. The Bertz CT molecular complexity index is 607. The summed E-state index contributed by atoms with van der Waals surface area (Å²) in [5.74, 6) is -0.883. The van der Waals surface area contributed by atoms with Crippen molar-refractivity contribution in [1.29, 1.82) is 0 Å². The summed E-state index contributed by atoms with van der Waals surface area (Å²) in [4.78, 5) is 24.8. The largest absolute Gasteiger partial charge is 0.440 e. The van der Waals surface area contributed by atoms with Crippen molar-refractivity contribution >= 4 is 12.0 Å². The first-order chi connectivity index (χ1) is 11.3. The van der Waals surface area contributed by atoms with Crippen LogP contribution in [0.2, 0.25) is 0 Å². The highest BCUT2D eigenvalue weighted by Crippen LogP contribution is 2.32. The predicted octanol–water partition coefficient (Wildman–Crippen LogP) is 2.78. The zero-order valence-corrected chi connectivity index (χ0v) is 12.6. The van der Waals surface area contributed by atoms with Crippen molar-refractivity contribution in [3.8, 4) is 0 Å². The number of nitrogens with zero attached hydrogens (tertiary/aromatic N) is 1. The molecule has 132 valence electrons. The van der Waals surface area contributed by atoms with Crippen LogP contribution in [0.5, 0.6) is 0 Å². The molecular formula is C15H16F4N2O3. The summed E-state index contributed by atoms with van der Waals surface area (Å²) >= 11 is 0. The minimum absolute atomic E-state index is 0.318. The van der Waals surface area contributed by atoms with Crippen LogP contribution in [-0.2, 0) is 9.53 Å². The fourth-order valence-corrected chi connectivity index (χ4v) is 2.57. The smallest absolute Gasteiger partial charge is 0.422 e. The molecule has 1 atom stereocenters. The highest BCUT2D eigenvalue weighted by Gasteiger charge is 2.31. The Morgan fingerprint density at radius 3 is 2.75 bits per heavy atom. The molecule has 0 bridgehead atoms. The van der Waals surface area contributed by atoms with Gasteiger partial charge in [0.05, 0.1) is 6.04 Å². The Balaban J connectivity index is 1.88. The second kappa shape index (κ2) is 7.50. The van der Waals surface area contributed by atoms with Crippen LogP contribution in [0.4, 0.5) is 22.4 Å². The molecule has 1 unspecified atom stereocenters. The molecule has 0 spiro atoms. The van der Waals surface area contributed by atoms with Crippen molar-refractivity contribution in [2.24, 2.45) is 0 Å². The van der Waals surface area contributed by atoms with Gasteiger partial charge in [-0.3, -0.25) is 4.79 Å². The predicted molar refractivity (Wildman–Crippen MR) is 75.5 cm³/mol. The third-order valence-electron chi connectivity index (χ3n) is 3.56. The minimum atomic E-state index is -4.63. The minimum Gasteiger partial charge on any atom is -0.440 e. The lowest BCUT2D eigenvalue weighted by molar-refractivity contribution is -0.160. The molecule has 1 aromatic rings. The van der Waals surface area contributed by atoms with Gasteiger partial charge in [-0.2, -0.15) is 13.2 Å². The van der Waals surface area contributed by atoms with E-state index in [0.717, 1.165) is 0 Å². The molecule has 1 aliphatic heterocycles. The van der Waals surface area contributed by atoms with Crippen molar-refractivity contribution in [3.63, 3.8) is 0 Å². The van der Waals surface area contributed by atoms with Crippen molar-refractivity contribution in [3.05, 3.63) is 35.6 Å². The number of carbonyl (C=O) groups excluding carboxylic acids is 2. The lowest BCUT2D eigenvalue weighted by Crippen LogP contribution is -2.40. The standard InChI is InChI=1S/C15H16F4N2O3/c16-11-4-1-3-10(7-11)12-5-2-6-21(12)13(22)8-20-14(23)24-9-15(17,18)19/h1,3-4,7,12H,2,5-6,8-9H2,(H,20,23). The summed E-state index contributed by atoms with van der Waals surface area (Å²) in [6, 6.07) is 5.55. The first kappa shape index (κ1) is 18.0. The molecule has 1 heterocycles. The Morgan fingerprint density at radius 2 is 2.08 bits per heavy atom. The molecule has 1 aromatic carbocycles. The Kier molecular flexibility index (Phi) is 5.63. The Labute approximate surface area is 135 Å². The quantitative estimate of drug-likeness (QED) is 0.852. The molecule has 1 fully saturated rings. The van der Waals surface area contributed by atoms with Gasteiger partial charge in [0.2, 0.25) is 5.91 Å². The van der Waals surface area contributed by atoms with Crippen LogP contribution >= 0.6 is 0 Å². The Hall–Kier alpha value is -2.32. The average molecular weight is 348 g/mol. The third-order valence-corrected chi connectivity index (χ3v) is 3.56. The molecule has 2 rings (SSSR count). The van der Waals surface area contributed by atoms with E-state index in [1.165, 1.54) is 17.0 Å². The molecule has 0 saturated carbocycles. The molecule has 24 heavy (non-hydrogen) atoms. The van der Waals surface area contributed by atoms with Crippen molar-refractivity contribution in [1.82, 2.24) is 10.2 Å². The molecule has 5 nitrogen and oxygen atoms in total. The van der Waals surface area contributed by atoms with Gasteiger partial charge in [0, 0.05) is 6.54 Å². The molecule has 1 N–H and O–H groups in total. The number of hydrogen-bond donors (Lipinski definition) is 1. The molecule has 0 aliphatic carbocycles. The number of nitrogens with one attached hydrogen (secondary N) is 1. The van der Waals surface area contributed by atoms with E-state index in [1.807, 2.05) is 5.32 Å². The van der Waals surface area contributed by atoms with E-state index in [9.17, 15) is 27.2 Å². The van der Waals surface area contributed by atoms with Crippen LogP contribution in [0.1, 0.15) is 24.4 Å². The van der Waals surface area contributed by atoms with Gasteiger partial charge >= 0.3 is 12.3 Å². The van der Waals surface area contributed by atoms with Crippen molar-refractivity contribution in [2.45, 2.75) is 25.1 Å². The number of carbonyl (C=O) groups is 2. The van der Waals surface area contributed by atoms with E-state index in [0.29, 0.717) is 24.9 Å². The number of amides is 2. The van der Waals surface area contributed by atoms with Crippen LogP contribution in [0, 0.1) is 5.82 Å². The molecular weight excluding hydrogens is 332 g/mol. The number of ether oxygens (including phenoxy) is 1. The maximum atomic E-state index is 13.3. The van der Waals surface area contributed by atoms with Crippen molar-refractivity contribution < 1.29 is 31.9 Å². The second-order valence-corrected chi connectivity index (χ2v) is 5.35. The van der Waals surface area contributed by atoms with E-state index in [2.05, 4.69) is 4.74 Å². The molecule has 0 aromatic heterocycles. The highest BCUT2D eigenvalue weighted by atomic mass is 19.4. The van der Waals surface area contributed by atoms with E-state index >= 15 is 0 Å². The van der Waals surface area contributed by atoms with Crippen LogP contribution in [0.25, 0.3) is 0 Å². The van der Waals surface area contributed by atoms with Crippen LogP contribution in [0.15, 0.2) is 24.3 Å². The van der Waals surface area contributed by atoms with Crippen LogP contribution < -0.4 is 5.32 Å². The topological polar surface area (TPSA) is 58.6 Å². The lowest BCUT2D eigenvalue weighted by Gasteiger charge is -2.25. The zero-order valence-electron chi connectivity index (χ0n) is 12.6. The van der Waals surface area contributed by atoms with E-state index in [1.54, 1.807) is 12.1 Å². The molecule has 2 amide bonds. The monoisotopic (exact) mass is 348 g/mol. The third kappa shape index (κ3) is 5.10.